The summed E-state index contributed by atoms with van der Waals surface area (Å²) in [6, 6.07) is 7.13. The maximum Gasteiger partial charge on any atom is 0.256 e. The Balaban J connectivity index is 2.39. The van der Waals surface area contributed by atoms with Gasteiger partial charge in [-0.3, -0.25) is 0 Å². The van der Waals surface area contributed by atoms with Crippen molar-refractivity contribution in [3.63, 3.8) is 0 Å². The van der Waals surface area contributed by atoms with Crippen LogP contribution >= 0.6 is 11.9 Å². The molecule has 1 fully saturated rings. The summed E-state index contributed by atoms with van der Waals surface area (Å²) in [4.78, 5) is 2.10. The largest absolute Gasteiger partial charge is 0.367 e. The zero-order valence-electron chi connectivity index (χ0n) is 10.5. The maximum absolute atomic E-state index is 11.7. The van der Waals surface area contributed by atoms with Crippen LogP contribution in [0.15, 0.2) is 24.3 Å². The van der Waals surface area contributed by atoms with Gasteiger partial charge in [-0.15, -0.1) is 8.86 Å². The van der Waals surface area contributed by atoms with E-state index < -0.39 is 10.0 Å². The zero-order valence-corrected chi connectivity index (χ0v) is 12.1. The van der Waals surface area contributed by atoms with E-state index in [0.717, 1.165) is 42.6 Å². The van der Waals surface area contributed by atoms with Crippen LogP contribution in [0.5, 0.6) is 0 Å². The van der Waals surface area contributed by atoms with Gasteiger partial charge < -0.3 is 10.2 Å². The minimum atomic E-state index is -3.59. The number of halogens is 1. The summed E-state index contributed by atoms with van der Waals surface area (Å²) < 4.78 is 28.6. The van der Waals surface area contributed by atoms with Crippen LogP contribution in [0, 0.1) is 0 Å². The number of benzene rings is 1. The van der Waals surface area contributed by atoms with E-state index in [4.69, 9.17) is 11.9 Å². The lowest BCUT2D eigenvalue weighted by atomic mass is 10.2. The molecule has 2 rings (SSSR count). The number of nitrogens with zero attached hydrogens (tertiary/aromatic N) is 2. The average molecular weight is 306 g/mol. The molecule has 1 aromatic carbocycles. The quantitative estimate of drug-likeness (QED) is 0.839. The molecule has 0 aliphatic carbocycles. The Kier molecular flexibility index (Phi) is 4.51. The molecule has 8 heteroatoms. The molecule has 1 N–H and O–H groups in total. The third-order valence-corrected chi connectivity index (χ3v) is 3.99. The summed E-state index contributed by atoms with van der Waals surface area (Å²) in [5.41, 5.74) is 1.21. The molecule has 106 valence electrons. The molecular formula is C11H16ClN3O3S. The van der Waals surface area contributed by atoms with Crippen molar-refractivity contribution in [1.29, 1.82) is 0 Å². The first kappa shape index (κ1) is 14.4. The first-order valence-electron chi connectivity index (χ1n) is 5.88. The first-order chi connectivity index (χ1) is 9.04. The second-order valence-corrected chi connectivity index (χ2v) is 6.22. The molecule has 1 heterocycles. The van der Waals surface area contributed by atoms with E-state index in [1.54, 1.807) is 12.1 Å². The fourth-order valence-electron chi connectivity index (χ4n) is 2.06. The molecule has 0 amide bonds. The second-order valence-electron chi connectivity index (χ2n) is 4.28. The van der Waals surface area contributed by atoms with Crippen molar-refractivity contribution >= 4 is 33.3 Å². The highest BCUT2D eigenvalue weighted by Gasteiger charge is 2.24. The van der Waals surface area contributed by atoms with Gasteiger partial charge in [0.05, 0.1) is 23.8 Å². The number of piperazine rings is 1. The molecule has 0 spiro atoms. The Hall–Kier alpha value is -1.02. The van der Waals surface area contributed by atoms with Crippen LogP contribution in [0.25, 0.3) is 0 Å². The monoisotopic (exact) mass is 305 g/mol. The summed E-state index contributed by atoms with van der Waals surface area (Å²) in [7, 11) is -3.59. The lowest BCUT2D eigenvalue weighted by Crippen LogP contribution is -2.44. The van der Waals surface area contributed by atoms with Gasteiger partial charge >= 0.3 is 0 Å². The van der Waals surface area contributed by atoms with Crippen molar-refractivity contribution in [2.75, 3.05) is 41.8 Å². The Labute approximate surface area is 118 Å². The van der Waals surface area contributed by atoms with Crippen LogP contribution in [0.2, 0.25) is 0 Å². The third-order valence-electron chi connectivity index (χ3n) is 2.90. The molecule has 6 nitrogen and oxygen atoms in total. The second kappa shape index (κ2) is 5.96. The van der Waals surface area contributed by atoms with Crippen LogP contribution in [0.1, 0.15) is 0 Å². The molecule has 1 saturated heterocycles. The minimum absolute atomic E-state index is 0.418. The van der Waals surface area contributed by atoms with Crippen molar-refractivity contribution in [3.8, 4) is 0 Å². The van der Waals surface area contributed by atoms with Gasteiger partial charge in [-0.2, -0.15) is 0 Å². The summed E-state index contributed by atoms with van der Waals surface area (Å²) in [5.74, 6) is 0. The average Bonchev–Trinajstić information content (AvgIpc) is 2.39. The van der Waals surface area contributed by atoms with Crippen LogP contribution in [0.4, 0.5) is 11.4 Å². The summed E-state index contributed by atoms with van der Waals surface area (Å²) >= 11 is 5.31. The first-order valence-corrected chi connectivity index (χ1v) is 8.03. The van der Waals surface area contributed by atoms with Crippen molar-refractivity contribution in [2.45, 2.75) is 0 Å². The van der Waals surface area contributed by atoms with Gasteiger partial charge in [-0.1, -0.05) is 12.1 Å². The predicted octanol–water partition coefficient (Wildman–Crippen LogP) is 0.948. The Bertz CT molecular complexity index is 532. The topological polar surface area (TPSA) is 61.9 Å². The van der Waals surface area contributed by atoms with Crippen LogP contribution in [-0.4, -0.2) is 40.9 Å². The van der Waals surface area contributed by atoms with E-state index in [1.165, 1.54) is 0 Å². The molecule has 0 aromatic heterocycles. The molecule has 0 atom stereocenters. The summed E-state index contributed by atoms with van der Waals surface area (Å²) in [6.07, 6.45) is 1.05. The van der Waals surface area contributed by atoms with E-state index in [0.29, 0.717) is 5.69 Å². The van der Waals surface area contributed by atoms with Gasteiger partial charge in [-0.05, 0) is 12.1 Å². The molecule has 1 aliphatic rings. The van der Waals surface area contributed by atoms with Crippen molar-refractivity contribution in [1.82, 2.24) is 5.32 Å². The number of hydrogen-bond acceptors (Lipinski definition) is 5. The normalized spacial score (nSPS) is 16.4. The number of para-hydroxylation sites is 2. The smallest absolute Gasteiger partial charge is 0.256 e. The van der Waals surface area contributed by atoms with Crippen molar-refractivity contribution in [2.24, 2.45) is 0 Å². The third kappa shape index (κ3) is 3.30. The van der Waals surface area contributed by atoms with E-state index in [2.05, 4.69) is 14.6 Å². The molecule has 1 aliphatic heterocycles. The highest BCUT2D eigenvalue weighted by molar-refractivity contribution is 7.91. The van der Waals surface area contributed by atoms with Crippen molar-refractivity contribution < 1.29 is 12.8 Å². The Morgan fingerprint density at radius 1 is 1.32 bits per heavy atom. The van der Waals surface area contributed by atoms with Crippen LogP contribution < -0.4 is 14.7 Å². The molecule has 1 aromatic rings. The summed E-state index contributed by atoms with van der Waals surface area (Å²) in [5, 5.41) is 3.25. The highest BCUT2D eigenvalue weighted by Crippen LogP contribution is 2.31. The van der Waals surface area contributed by atoms with E-state index in [-0.39, 0.29) is 0 Å². The van der Waals surface area contributed by atoms with Gasteiger partial charge in [0.25, 0.3) is 10.0 Å². The number of hydrogen-bond donors (Lipinski definition) is 1. The fourth-order valence-corrected chi connectivity index (χ4v) is 3.05. The van der Waals surface area contributed by atoms with Crippen molar-refractivity contribution in [3.05, 3.63) is 24.3 Å². The molecule has 0 bridgehead atoms. The van der Waals surface area contributed by atoms with E-state index in [9.17, 15) is 8.42 Å². The molecule has 19 heavy (non-hydrogen) atoms. The SMILES string of the molecule is CS(=O)(=O)N(OCl)c1ccccc1N1CCNCC1. The molecule has 0 radical (unpaired) electrons. The van der Waals surface area contributed by atoms with Gasteiger partial charge in [0.2, 0.25) is 0 Å². The van der Waals surface area contributed by atoms with Gasteiger partial charge in [0.15, 0.2) is 0 Å². The number of sulfonamides is 1. The Morgan fingerprint density at radius 2 is 1.95 bits per heavy atom. The molecule has 0 unspecified atom stereocenters. The number of nitrogens with one attached hydrogen (secondary N) is 1. The van der Waals surface area contributed by atoms with Crippen LogP contribution in [0.3, 0.4) is 0 Å². The van der Waals surface area contributed by atoms with Crippen LogP contribution in [-0.2, 0) is 14.4 Å². The molecular weight excluding hydrogens is 290 g/mol. The summed E-state index contributed by atoms with van der Waals surface area (Å²) in [6.45, 7) is 3.32. The van der Waals surface area contributed by atoms with Gasteiger partial charge in [0, 0.05) is 26.2 Å². The standard InChI is InChI=1S/C11H16ClN3O3S/c1-19(16,17)15(18-12)11-5-3-2-4-10(11)14-8-6-13-7-9-14/h2-5,13H,6-9H2,1H3. The Morgan fingerprint density at radius 3 is 2.53 bits per heavy atom. The number of anilines is 2. The maximum atomic E-state index is 11.7. The minimum Gasteiger partial charge on any atom is -0.367 e. The zero-order chi connectivity index (χ0) is 13.9. The lowest BCUT2D eigenvalue weighted by molar-refractivity contribution is 0.373. The fraction of sp³-hybridized carbons (Fsp3) is 0.455. The van der Waals surface area contributed by atoms with E-state index in [1.807, 2.05) is 12.1 Å². The highest BCUT2D eigenvalue weighted by atomic mass is 35.5. The van der Waals surface area contributed by atoms with Gasteiger partial charge in [-0.25, -0.2) is 8.42 Å². The van der Waals surface area contributed by atoms with E-state index >= 15 is 0 Å². The molecule has 0 saturated carbocycles. The number of rotatable bonds is 4. The van der Waals surface area contributed by atoms with Gasteiger partial charge in [0.1, 0.15) is 5.69 Å². The lowest BCUT2D eigenvalue weighted by Gasteiger charge is -2.32. The predicted molar refractivity (Wildman–Crippen MR) is 75.8 cm³/mol.